The molecule has 0 aliphatic carbocycles. The lowest BCUT2D eigenvalue weighted by Crippen LogP contribution is -2.29. The molecule has 0 spiro atoms. The summed E-state index contributed by atoms with van der Waals surface area (Å²) in [5.74, 6) is -0.580. The van der Waals surface area contributed by atoms with Crippen LogP contribution < -0.4 is 5.32 Å². The summed E-state index contributed by atoms with van der Waals surface area (Å²) in [7, 11) is 0. The smallest absolute Gasteiger partial charge is 0.330 e. The number of hydrogen-bond donors (Lipinski definition) is 1. The topological polar surface area (TPSA) is 55.4 Å². The minimum atomic E-state index is -0.398. The Morgan fingerprint density at radius 2 is 2.07 bits per heavy atom. The fourth-order valence-corrected chi connectivity index (χ4v) is 0.885. The number of hydrogen-bond acceptors (Lipinski definition) is 3. The molecule has 1 unspecified atom stereocenters. The van der Waals surface area contributed by atoms with Crippen LogP contribution in [0.5, 0.6) is 0 Å². The monoisotopic (exact) mass is 211 g/mol. The van der Waals surface area contributed by atoms with Crippen LogP contribution in [0.15, 0.2) is 24.3 Å². The highest BCUT2D eigenvalue weighted by Gasteiger charge is 2.01. The molecule has 0 bridgehead atoms. The van der Waals surface area contributed by atoms with Gasteiger partial charge in [0.15, 0.2) is 0 Å². The lowest BCUT2D eigenvalue weighted by atomic mass is 10.3. The van der Waals surface area contributed by atoms with Crippen LogP contribution >= 0.6 is 0 Å². The summed E-state index contributed by atoms with van der Waals surface area (Å²) in [6, 6.07) is -0.196. The van der Waals surface area contributed by atoms with Crippen molar-refractivity contribution in [3.63, 3.8) is 0 Å². The van der Waals surface area contributed by atoms with Crippen LogP contribution in [0, 0.1) is 0 Å². The second kappa shape index (κ2) is 7.79. The van der Waals surface area contributed by atoms with E-state index >= 15 is 0 Å². The van der Waals surface area contributed by atoms with Gasteiger partial charge in [0.2, 0.25) is 5.91 Å². The van der Waals surface area contributed by atoms with Crippen molar-refractivity contribution in [2.24, 2.45) is 0 Å². The van der Waals surface area contributed by atoms with Gasteiger partial charge in [-0.3, -0.25) is 4.79 Å². The molecule has 0 rings (SSSR count). The number of nitrogens with one attached hydrogen (secondary N) is 1. The molecule has 15 heavy (non-hydrogen) atoms. The van der Waals surface area contributed by atoms with Crippen molar-refractivity contribution < 1.29 is 14.3 Å². The molecule has 4 nitrogen and oxygen atoms in total. The first-order valence-corrected chi connectivity index (χ1v) is 4.88. The van der Waals surface area contributed by atoms with Crippen molar-refractivity contribution in [1.82, 2.24) is 5.32 Å². The molecular formula is C11H17NO3. The Morgan fingerprint density at radius 3 is 2.60 bits per heavy atom. The number of carbonyl (C=O) groups is 2. The van der Waals surface area contributed by atoms with Crippen LogP contribution in [0.1, 0.15) is 20.8 Å². The Bertz CT molecular complexity index is 269. The lowest BCUT2D eigenvalue weighted by molar-refractivity contribution is -0.137. The van der Waals surface area contributed by atoms with E-state index in [2.05, 4.69) is 5.32 Å². The SMILES string of the molecule is C/C=C/C(=O)NC(C)/C=C/C(=O)OCC. The van der Waals surface area contributed by atoms with Crippen molar-refractivity contribution in [3.05, 3.63) is 24.3 Å². The summed E-state index contributed by atoms with van der Waals surface area (Å²) in [5, 5.41) is 2.66. The zero-order valence-corrected chi connectivity index (χ0v) is 9.32. The Balaban J connectivity index is 3.97. The normalized spacial score (nSPS) is 13.0. The fraction of sp³-hybridized carbons (Fsp3) is 0.455. The Hall–Kier alpha value is -1.58. The van der Waals surface area contributed by atoms with E-state index in [0.717, 1.165) is 0 Å². The van der Waals surface area contributed by atoms with Gasteiger partial charge in [-0.05, 0) is 26.8 Å². The summed E-state index contributed by atoms with van der Waals surface area (Å²) in [6.45, 7) is 5.63. The highest BCUT2D eigenvalue weighted by molar-refractivity contribution is 5.88. The van der Waals surface area contributed by atoms with E-state index in [4.69, 9.17) is 4.74 Å². The van der Waals surface area contributed by atoms with Crippen LogP contribution in [0.2, 0.25) is 0 Å². The van der Waals surface area contributed by atoms with Crippen molar-refractivity contribution in [2.45, 2.75) is 26.8 Å². The number of esters is 1. The molecule has 4 heteroatoms. The highest BCUT2D eigenvalue weighted by atomic mass is 16.5. The molecule has 84 valence electrons. The first-order chi connectivity index (χ1) is 7.10. The average Bonchev–Trinajstić information content (AvgIpc) is 2.15. The first kappa shape index (κ1) is 13.4. The van der Waals surface area contributed by atoms with Crippen molar-refractivity contribution in [1.29, 1.82) is 0 Å². The largest absolute Gasteiger partial charge is 0.463 e. The van der Waals surface area contributed by atoms with Crippen LogP contribution in [-0.2, 0) is 14.3 Å². The summed E-state index contributed by atoms with van der Waals surface area (Å²) < 4.78 is 4.69. The van der Waals surface area contributed by atoms with Crippen molar-refractivity contribution >= 4 is 11.9 Å². The molecule has 0 aliphatic rings. The third kappa shape index (κ3) is 7.49. The Morgan fingerprint density at radius 1 is 1.40 bits per heavy atom. The third-order valence-electron chi connectivity index (χ3n) is 1.50. The zero-order chi connectivity index (χ0) is 11.7. The van der Waals surface area contributed by atoms with Crippen LogP contribution in [-0.4, -0.2) is 24.5 Å². The van der Waals surface area contributed by atoms with Crippen LogP contribution in [0.4, 0.5) is 0 Å². The van der Waals surface area contributed by atoms with Gasteiger partial charge in [-0.25, -0.2) is 4.79 Å². The minimum absolute atomic E-state index is 0.182. The third-order valence-corrected chi connectivity index (χ3v) is 1.50. The molecule has 0 aromatic heterocycles. The maximum absolute atomic E-state index is 11.1. The quantitative estimate of drug-likeness (QED) is 0.549. The van der Waals surface area contributed by atoms with E-state index in [1.54, 1.807) is 32.9 Å². The van der Waals surface area contributed by atoms with Crippen molar-refractivity contribution in [3.8, 4) is 0 Å². The predicted molar refractivity (Wildman–Crippen MR) is 58.2 cm³/mol. The second-order valence-electron chi connectivity index (χ2n) is 2.91. The maximum atomic E-state index is 11.1. The molecule has 0 saturated heterocycles. The summed E-state index contributed by atoms with van der Waals surface area (Å²) in [4.78, 5) is 22.0. The molecular weight excluding hydrogens is 194 g/mol. The number of ether oxygens (including phenoxy) is 1. The second-order valence-corrected chi connectivity index (χ2v) is 2.91. The molecule has 0 fully saturated rings. The number of amides is 1. The van der Waals surface area contributed by atoms with E-state index in [0.29, 0.717) is 6.61 Å². The van der Waals surface area contributed by atoms with E-state index in [1.165, 1.54) is 12.2 Å². The van der Waals surface area contributed by atoms with E-state index in [9.17, 15) is 9.59 Å². The maximum Gasteiger partial charge on any atom is 0.330 e. The number of rotatable bonds is 5. The first-order valence-electron chi connectivity index (χ1n) is 4.88. The van der Waals surface area contributed by atoms with E-state index < -0.39 is 5.97 Å². The van der Waals surface area contributed by atoms with Gasteiger partial charge in [-0.1, -0.05) is 12.2 Å². The summed E-state index contributed by atoms with van der Waals surface area (Å²) in [6.07, 6.45) is 5.97. The van der Waals surface area contributed by atoms with Crippen LogP contribution in [0.3, 0.4) is 0 Å². The number of allylic oxidation sites excluding steroid dienone is 1. The van der Waals surface area contributed by atoms with Gasteiger partial charge in [0.1, 0.15) is 0 Å². The van der Waals surface area contributed by atoms with E-state index in [1.807, 2.05) is 0 Å². The van der Waals surface area contributed by atoms with Gasteiger partial charge in [0.05, 0.1) is 6.61 Å². The van der Waals surface area contributed by atoms with Crippen molar-refractivity contribution in [2.75, 3.05) is 6.61 Å². The zero-order valence-electron chi connectivity index (χ0n) is 9.32. The Labute approximate surface area is 90.0 Å². The van der Waals surface area contributed by atoms with Gasteiger partial charge in [0, 0.05) is 12.1 Å². The standard InChI is InChI=1S/C11H17NO3/c1-4-6-10(13)12-9(3)7-8-11(14)15-5-2/h4,6-9H,5H2,1-3H3,(H,12,13)/b6-4+,8-7+. The molecule has 1 amide bonds. The summed E-state index contributed by atoms with van der Waals surface area (Å²) >= 11 is 0. The van der Waals surface area contributed by atoms with Gasteiger partial charge in [0.25, 0.3) is 0 Å². The fourth-order valence-electron chi connectivity index (χ4n) is 0.885. The minimum Gasteiger partial charge on any atom is -0.463 e. The van der Waals surface area contributed by atoms with Gasteiger partial charge < -0.3 is 10.1 Å². The van der Waals surface area contributed by atoms with Crippen LogP contribution in [0.25, 0.3) is 0 Å². The molecule has 0 saturated carbocycles. The lowest BCUT2D eigenvalue weighted by Gasteiger charge is -2.06. The Kier molecular flexibility index (Phi) is 6.97. The predicted octanol–water partition coefficient (Wildman–Crippen LogP) is 1.19. The molecule has 0 radical (unpaired) electrons. The molecule has 0 aromatic carbocycles. The van der Waals surface area contributed by atoms with Gasteiger partial charge in [-0.2, -0.15) is 0 Å². The molecule has 0 aliphatic heterocycles. The van der Waals surface area contributed by atoms with Gasteiger partial charge >= 0.3 is 5.97 Å². The highest BCUT2D eigenvalue weighted by Crippen LogP contribution is 1.88. The van der Waals surface area contributed by atoms with E-state index in [-0.39, 0.29) is 11.9 Å². The molecule has 1 atom stereocenters. The van der Waals surface area contributed by atoms with Gasteiger partial charge in [-0.15, -0.1) is 0 Å². The molecule has 1 N–H and O–H groups in total. The summed E-state index contributed by atoms with van der Waals surface area (Å²) in [5.41, 5.74) is 0. The molecule has 0 aromatic rings. The molecule has 0 heterocycles. The number of carbonyl (C=O) groups excluding carboxylic acids is 2. The average molecular weight is 211 g/mol.